The highest BCUT2D eigenvalue weighted by molar-refractivity contribution is 5.48. The van der Waals surface area contributed by atoms with Crippen molar-refractivity contribution in [1.82, 2.24) is 25.1 Å². The fourth-order valence-corrected chi connectivity index (χ4v) is 4.11. The van der Waals surface area contributed by atoms with Crippen LogP contribution >= 0.6 is 0 Å². The molecule has 0 aliphatic carbocycles. The maximum atomic E-state index is 14.3. The van der Waals surface area contributed by atoms with E-state index >= 15 is 0 Å². The number of piperazine rings is 1. The van der Waals surface area contributed by atoms with Crippen LogP contribution in [0.2, 0.25) is 0 Å². The number of halogens is 1. The van der Waals surface area contributed by atoms with Crippen LogP contribution in [-0.2, 0) is 0 Å². The van der Waals surface area contributed by atoms with Gasteiger partial charge in [-0.25, -0.2) is 9.07 Å². The molecule has 1 aromatic heterocycles. The van der Waals surface area contributed by atoms with Crippen molar-refractivity contribution in [3.8, 4) is 5.75 Å². The summed E-state index contributed by atoms with van der Waals surface area (Å²) in [4.78, 5) is 4.48. The Kier molecular flexibility index (Phi) is 6.46. The van der Waals surface area contributed by atoms with Crippen LogP contribution in [0.15, 0.2) is 48.5 Å². The maximum Gasteiger partial charge on any atom is 0.173 e. The van der Waals surface area contributed by atoms with Gasteiger partial charge in [0, 0.05) is 26.2 Å². The topological polar surface area (TPSA) is 59.3 Å². The molecule has 0 spiro atoms. The lowest BCUT2D eigenvalue weighted by molar-refractivity contribution is 0.198. The first-order valence-corrected chi connectivity index (χ1v) is 10.8. The molecule has 1 atom stereocenters. The van der Waals surface area contributed by atoms with Crippen molar-refractivity contribution in [1.29, 1.82) is 0 Å². The van der Waals surface area contributed by atoms with Crippen molar-refractivity contribution < 1.29 is 9.13 Å². The number of rotatable bonds is 7. The van der Waals surface area contributed by atoms with Crippen LogP contribution in [0, 0.1) is 5.82 Å². The van der Waals surface area contributed by atoms with Crippen molar-refractivity contribution in [2.75, 3.05) is 37.7 Å². The van der Waals surface area contributed by atoms with Crippen LogP contribution in [0.4, 0.5) is 10.1 Å². The number of para-hydroxylation sites is 1. The summed E-state index contributed by atoms with van der Waals surface area (Å²) in [5.74, 6) is 1.49. The van der Waals surface area contributed by atoms with E-state index < -0.39 is 0 Å². The molecule has 2 aromatic carbocycles. The third-order valence-electron chi connectivity index (χ3n) is 5.63. The number of benzene rings is 2. The lowest BCUT2D eigenvalue weighted by Gasteiger charge is -2.40. The molecule has 0 saturated carbocycles. The molecule has 31 heavy (non-hydrogen) atoms. The summed E-state index contributed by atoms with van der Waals surface area (Å²) in [6.07, 6.45) is 0. The molecule has 1 saturated heterocycles. The molecule has 1 fully saturated rings. The van der Waals surface area contributed by atoms with Gasteiger partial charge in [0.1, 0.15) is 11.6 Å². The van der Waals surface area contributed by atoms with Crippen LogP contribution in [0.1, 0.15) is 44.2 Å². The van der Waals surface area contributed by atoms with E-state index in [1.165, 1.54) is 6.07 Å². The van der Waals surface area contributed by atoms with Gasteiger partial charge in [-0.2, -0.15) is 0 Å². The van der Waals surface area contributed by atoms with Crippen molar-refractivity contribution in [3.63, 3.8) is 0 Å². The summed E-state index contributed by atoms with van der Waals surface area (Å²) in [7, 11) is 0. The van der Waals surface area contributed by atoms with Crippen LogP contribution in [0.3, 0.4) is 0 Å². The summed E-state index contributed by atoms with van der Waals surface area (Å²) in [6, 6.07) is 15.2. The van der Waals surface area contributed by atoms with Gasteiger partial charge >= 0.3 is 0 Å². The highest BCUT2D eigenvalue weighted by Crippen LogP contribution is 2.31. The summed E-state index contributed by atoms with van der Waals surface area (Å²) in [6.45, 7) is 9.77. The SMILES string of the molecule is CCOc1ccc([C@@H](c2nnnn2C(C)C)N2CCN(c3ccccc3F)CC2)cc1. The minimum Gasteiger partial charge on any atom is -0.494 e. The van der Waals surface area contributed by atoms with E-state index in [0.29, 0.717) is 12.3 Å². The molecule has 1 aliphatic rings. The molecule has 0 amide bonds. The summed E-state index contributed by atoms with van der Waals surface area (Å²) < 4.78 is 21.8. The second kappa shape index (κ2) is 9.43. The molecule has 8 heteroatoms. The molecule has 164 valence electrons. The monoisotopic (exact) mass is 424 g/mol. The standard InChI is InChI=1S/C23H29FN6O/c1-4-31-19-11-9-18(10-12-19)22(23-25-26-27-30(23)17(2)3)29-15-13-28(14-16-29)21-8-6-5-7-20(21)24/h5-12,17,22H,4,13-16H2,1-3H3/t22-/m0/s1. The highest BCUT2D eigenvalue weighted by Gasteiger charge is 2.31. The fourth-order valence-electron chi connectivity index (χ4n) is 4.11. The Morgan fingerprint density at radius 1 is 1.00 bits per heavy atom. The third-order valence-corrected chi connectivity index (χ3v) is 5.63. The Balaban J connectivity index is 1.61. The van der Waals surface area contributed by atoms with Gasteiger partial charge in [-0.15, -0.1) is 5.10 Å². The predicted octanol–water partition coefficient (Wildman–Crippen LogP) is 3.70. The molecular weight excluding hydrogens is 395 g/mol. The van der Waals surface area contributed by atoms with E-state index in [4.69, 9.17) is 4.74 Å². The first kappa shape index (κ1) is 21.2. The average molecular weight is 425 g/mol. The van der Waals surface area contributed by atoms with Crippen LogP contribution in [0.5, 0.6) is 5.75 Å². The van der Waals surface area contributed by atoms with E-state index in [2.05, 4.69) is 51.3 Å². The number of ether oxygens (including phenoxy) is 1. The molecule has 0 unspecified atom stereocenters. The predicted molar refractivity (Wildman–Crippen MR) is 118 cm³/mol. The highest BCUT2D eigenvalue weighted by atomic mass is 19.1. The van der Waals surface area contributed by atoms with E-state index in [1.54, 1.807) is 6.07 Å². The van der Waals surface area contributed by atoms with E-state index in [9.17, 15) is 4.39 Å². The molecule has 0 radical (unpaired) electrons. The fraction of sp³-hybridized carbons (Fsp3) is 0.435. The normalized spacial score (nSPS) is 16.0. The Labute approximate surface area is 182 Å². The van der Waals surface area contributed by atoms with E-state index in [0.717, 1.165) is 43.3 Å². The van der Waals surface area contributed by atoms with Crippen molar-refractivity contribution >= 4 is 5.69 Å². The van der Waals surface area contributed by atoms with Crippen molar-refractivity contribution in [2.24, 2.45) is 0 Å². The van der Waals surface area contributed by atoms with Crippen LogP contribution in [-0.4, -0.2) is 57.9 Å². The number of hydrogen-bond donors (Lipinski definition) is 0. The Hall–Kier alpha value is -3.00. The lowest BCUT2D eigenvalue weighted by atomic mass is 10.0. The van der Waals surface area contributed by atoms with Gasteiger partial charge in [-0.1, -0.05) is 24.3 Å². The first-order valence-electron chi connectivity index (χ1n) is 10.8. The molecule has 4 rings (SSSR count). The Bertz CT molecular complexity index is 982. The molecule has 2 heterocycles. The van der Waals surface area contributed by atoms with Crippen molar-refractivity contribution in [3.05, 3.63) is 65.7 Å². The van der Waals surface area contributed by atoms with Gasteiger partial charge in [-0.05, 0) is 61.0 Å². The number of anilines is 1. The van der Waals surface area contributed by atoms with Gasteiger partial charge < -0.3 is 9.64 Å². The summed E-state index contributed by atoms with van der Waals surface area (Å²) >= 11 is 0. The number of hydrogen-bond acceptors (Lipinski definition) is 6. The lowest BCUT2D eigenvalue weighted by Crippen LogP contribution is -2.48. The minimum atomic E-state index is -0.178. The smallest absolute Gasteiger partial charge is 0.173 e. The third kappa shape index (κ3) is 4.54. The van der Waals surface area contributed by atoms with E-state index in [-0.39, 0.29) is 17.9 Å². The number of aromatic nitrogens is 4. The second-order valence-corrected chi connectivity index (χ2v) is 7.95. The molecule has 0 N–H and O–H groups in total. The number of nitrogens with zero attached hydrogens (tertiary/aromatic N) is 6. The second-order valence-electron chi connectivity index (χ2n) is 7.95. The van der Waals surface area contributed by atoms with Crippen molar-refractivity contribution in [2.45, 2.75) is 32.9 Å². The van der Waals surface area contributed by atoms with Gasteiger partial charge in [0.25, 0.3) is 0 Å². The molecule has 7 nitrogen and oxygen atoms in total. The minimum absolute atomic E-state index is 0.0872. The molecule has 1 aliphatic heterocycles. The van der Waals surface area contributed by atoms with Crippen LogP contribution in [0.25, 0.3) is 0 Å². The van der Waals surface area contributed by atoms with Gasteiger partial charge in [0.2, 0.25) is 0 Å². The Morgan fingerprint density at radius 3 is 2.35 bits per heavy atom. The maximum absolute atomic E-state index is 14.3. The van der Waals surface area contributed by atoms with Crippen LogP contribution < -0.4 is 9.64 Å². The Morgan fingerprint density at radius 2 is 1.71 bits per heavy atom. The molecule has 3 aromatic rings. The van der Waals surface area contributed by atoms with Gasteiger partial charge in [0.15, 0.2) is 5.82 Å². The molecular formula is C23H29FN6O. The van der Waals surface area contributed by atoms with E-state index in [1.807, 2.05) is 35.9 Å². The first-order chi connectivity index (χ1) is 15.1. The zero-order chi connectivity index (χ0) is 21.8. The summed E-state index contributed by atoms with van der Waals surface area (Å²) in [5, 5.41) is 12.6. The zero-order valence-corrected chi connectivity index (χ0v) is 18.3. The zero-order valence-electron chi connectivity index (χ0n) is 18.3. The average Bonchev–Trinajstić information content (AvgIpc) is 3.26. The van der Waals surface area contributed by atoms with Gasteiger partial charge in [-0.3, -0.25) is 4.90 Å². The quantitative estimate of drug-likeness (QED) is 0.576. The van der Waals surface area contributed by atoms with Gasteiger partial charge in [0.05, 0.1) is 24.4 Å². The number of tetrazole rings is 1. The largest absolute Gasteiger partial charge is 0.494 e. The molecule has 0 bridgehead atoms. The summed E-state index contributed by atoms with van der Waals surface area (Å²) in [5.41, 5.74) is 1.77.